The number of rotatable bonds is 3. The van der Waals surface area contributed by atoms with Gasteiger partial charge in [-0.05, 0) is 18.6 Å². The number of amides is 1. The molecule has 1 amide bonds. The molecule has 1 atom stereocenters. The molecule has 0 radical (unpaired) electrons. The van der Waals surface area contributed by atoms with E-state index in [2.05, 4.69) is 15.4 Å². The van der Waals surface area contributed by atoms with Crippen LogP contribution in [0.15, 0.2) is 28.8 Å². The Labute approximate surface area is 135 Å². The van der Waals surface area contributed by atoms with Crippen molar-refractivity contribution in [2.75, 3.05) is 39.3 Å². The molecule has 4 rings (SSSR count). The van der Waals surface area contributed by atoms with Crippen LogP contribution in [-0.2, 0) is 11.2 Å². The van der Waals surface area contributed by atoms with Gasteiger partial charge in [0.25, 0.3) is 0 Å². The van der Waals surface area contributed by atoms with E-state index in [1.807, 2.05) is 29.2 Å². The van der Waals surface area contributed by atoms with Crippen molar-refractivity contribution in [1.82, 2.24) is 20.3 Å². The highest BCUT2D eigenvalue weighted by Gasteiger charge is 2.31. The molecule has 6 nitrogen and oxygen atoms in total. The number of likely N-dealkylation sites (tertiary alicyclic amines) is 1. The molecule has 6 heteroatoms. The molecule has 1 unspecified atom stereocenters. The van der Waals surface area contributed by atoms with E-state index in [-0.39, 0.29) is 5.91 Å². The number of nitrogens with zero attached hydrogens (tertiary/aromatic N) is 3. The van der Waals surface area contributed by atoms with Gasteiger partial charge < -0.3 is 14.7 Å². The van der Waals surface area contributed by atoms with E-state index in [0.717, 1.165) is 62.4 Å². The first-order valence-electron chi connectivity index (χ1n) is 8.37. The van der Waals surface area contributed by atoms with Gasteiger partial charge in [-0.2, -0.15) is 0 Å². The van der Waals surface area contributed by atoms with Crippen LogP contribution in [0, 0.1) is 0 Å². The van der Waals surface area contributed by atoms with Crippen LogP contribution in [0.5, 0.6) is 0 Å². The van der Waals surface area contributed by atoms with Crippen LogP contribution < -0.4 is 5.32 Å². The molecule has 122 valence electrons. The summed E-state index contributed by atoms with van der Waals surface area (Å²) in [5.74, 6) is 0.154. The minimum absolute atomic E-state index is 0.154. The van der Waals surface area contributed by atoms with E-state index in [1.54, 1.807) is 0 Å². The molecular weight excluding hydrogens is 292 g/mol. The second-order valence-corrected chi connectivity index (χ2v) is 6.37. The fourth-order valence-electron chi connectivity index (χ4n) is 3.63. The Morgan fingerprint density at radius 2 is 2.09 bits per heavy atom. The standard InChI is InChI=1S/C17H22N4O2/c22-17(11-15-14-3-1-2-4-16(14)23-19-15)21-8-5-13(12-21)20-9-6-18-7-10-20/h1-4,13,18H,5-12H2. The van der Waals surface area contributed by atoms with Crippen molar-refractivity contribution in [2.45, 2.75) is 18.9 Å². The van der Waals surface area contributed by atoms with Gasteiger partial charge in [0.2, 0.25) is 5.91 Å². The quantitative estimate of drug-likeness (QED) is 0.911. The summed E-state index contributed by atoms with van der Waals surface area (Å²) in [6.07, 6.45) is 1.40. The number of hydrogen-bond donors (Lipinski definition) is 1. The number of hydrogen-bond acceptors (Lipinski definition) is 5. The highest BCUT2D eigenvalue weighted by Crippen LogP contribution is 2.21. The van der Waals surface area contributed by atoms with Crippen molar-refractivity contribution in [3.8, 4) is 0 Å². The van der Waals surface area contributed by atoms with Crippen LogP contribution >= 0.6 is 0 Å². The molecule has 0 saturated carbocycles. The highest BCUT2D eigenvalue weighted by atomic mass is 16.5. The van der Waals surface area contributed by atoms with Crippen LogP contribution in [0.25, 0.3) is 11.0 Å². The fraction of sp³-hybridized carbons (Fsp3) is 0.529. The number of carbonyl (C=O) groups excluding carboxylic acids is 1. The number of carbonyl (C=O) groups is 1. The predicted octanol–water partition coefficient (Wildman–Crippen LogP) is 0.876. The van der Waals surface area contributed by atoms with Crippen molar-refractivity contribution < 1.29 is 9.32 Å². The van der Waals surface area contributed by atoms with Crippen LogP contribution in [0.3, 0.4) is 0 Å². The number of nitrogens with one attached hydrogen (secondary N) is 1. The van der Waals surface area contributed by atoms with Crippen molar-refractivity contribution >= 4 is 16.9 Å². The van der Waals surface area contributed by atoms with Crippen LogP contribution in [0.1, 0.15) is 12.1 Å². The molecule has 2 aliphatic heterocycles. The summed E-state index contributed by atoms with van der Waals surface area (Å²) in [6.45, 7) is 5.96. The van der Waals surface area contributed by atoms with Crippen molar-refractivity contribution in [1.29, 1.82) is 0 Å². The van der Waals surface area contributed by atoms with Gasteiger partial charge in [0.15, 0.2) is 5.58 Å². The third-order valence-electron chi connectivity index (χ3n) is 4.95. The summed E-state index contributed by atoms with van der Waals surface area (Å²) in [7, 11) is 0. The SMILES string of the molecule is O=C(Cc1noc2ccccc12)N1CCC(N2CCNCC2)C1. The molecule has 23 heavy (non-hydrogen) atoms. The lowest BCUT2D eigenvalue weighted by Crippen LogP contribution is -2.49. The second-order valence-electron chi connectivity index (χ2n) is 6.37. The minimum Gasteiger partial charge on any atom is -0.356 e. The molecule has 2 aromatic rings. The lowest BCUT2D eigenvalue weighted by Gasteiger charge is -2.32. The van der Waals surface area contributed by atoms with Crippen LogP contribution in [0.2, 0.25) is 0 Å². The van der Waals surface area contributed by atoms with Gasteiger partial charge in [0.05, 0.1) is 6.42 Å². The molecule has 2 saturated heterocycles. The topological polar surface area (TPSA) is 61.6 Å². The Morgan fingerprint density at radius 1 is 1.26 bits per heavy atom. The summed E-state index contributed by atoms with van der Waals surface area (Å²) in [5.41, 5.74) is 1.49. The highest BCUT2D eigenvalue weighted by molar-refractivity contribution is 5.86. The van der Waals surface area contributed by atoms with E-state index in [1.165, 1.54) is 0 Å². The summed E-state index contributed by atoms with van der Waals surface area (Å²) in [5, 5.41) is 8.40. The second kappa shape index (κ2) is 6.29. The Balaban J connectivity index is 1.40. The Bertz CT molecular complexity index is 693. The van der Waals surface area contributed by atoms with E-state index < -0.39 is 0 Å². The number of benzene rings is 1. The largest absolute Gasteiger partial charge is 0.356 e. The molecule has 0 aliphatic carbocycles. The maximum Gasteiger partial charge on any atom is 0.228 e. The smallest absolute Gasteiger partial charge is 0.228 e. The molecule has 3 heterocycles. The van der Waals surface area contributed by atoms with E-state index >= 15 is 0 Å². The van der Waals surface area contributed by atoms with Crippen LogP contribution in [0.4, 0.5) is 0 Å². The van der Waals surface area contributed by atoms with Gasteiger partial charge in [-0.3, -0.25) is 9.69 Å². The first-order chi connectivity index (χ1) is 11.3. The average molecular weight is 314 g/mol. The van der Waals surface area contributed by atoms with Gasteiger partial charge in [-0.1, -0.05) is 17.3 Å². The zero-order valence-corrected chi connectivity index (χ0v) is 13.2. The predicted molar refractivity (Wildman–Crippen MR) is 87.1 cm³/mol. The maximum atomic E-state index is 12.6. The first-order valence-corrected chi connectivity index (χ1v) is 8.37. The third-order valence-corrected chi connectivity index (χ3v) is 4.95. The number of para-hydroxylation sites is 1. The van der Waals surface area contributed by atoms with Gasteiger partial charge in [0.1, 0.15) is 5.69 Å². The Morgan fingerprint density at radius 3 is 2.96 bits per heavy atom. The summed E-state index contributed by atoms with van der Waals surface area (Å²) in [6, 6.07) is 8.21. The molecule has 1 aromatic heterocycles. The Kier molecular flexibility index (Phi) is 4.01. The Hall–Kier alpha value is -1.92. The van der Waals surface area contributed by atoms with E-state index in [4.69, 9.17) is 4.52 Å². The van der Waals surface area contributed by atoms with Gasteiger partial charge >= 0.3 is 0 Å². The summed E-state index contributed by atoms with van der Waals surface area (Å²) >= 11 is 0. The minimum atomic E-state index is 0.154. The molecule has 0 bridgehead atoms. The zero-order chi connectivity index (χ0) is 15.6. The zero-order valence-electron chi connectivity index (χ0n) is 13.2. The normalized spacial score (nSPS) is 22.8. The van der Waals surface area contributed by atoms with Gasteiger partial charge in [-0.15, -0.1) is 0 Å². The summed E-state index contributed by atoms with van der Waals surface area (Å²) < 4.78 is 5.29. The number of piperazine rings is 1. The maximum absolute atomic E-state index is 12.6. The lowest BCUT2D eigenvalue weighted by atomic mass is 10.1. The fourth-order valence-corrected chi connectivity index (χ4v) is 3.63. The average Bonchev–Trinajstić information content (AvgIpc) is 3.24. The molecule has 2 fully saturated rings. The van der Waals surface area contributed by atoms with Crippen LogP contribution in [-0.4, -0.2) is 66.2 Å². The molecular formula is C17H22N4O2. The number of fused-ring (bicyclic) bond motifs is 1. The summed E-state index contributed by atoms with van der Waals surface area (Å²) in [4.78, 5) is 17.1. The first kappa shape index (κ1) is 14.7. The van der Waals surface area contributed by atoms with Crippen molar-refractivity contribution in [2.24, 2.45) is 0 Å². The van der Waals surface area contributed by atoms with Gasteiger partial charge in [-0.25, -0.2) is 0 Å². The monoisotopic (exact) mass is 314 g/mol. The van der Waals surface area contributed by atoms with E-state index in [0.29, 0.717) is 12.5 Å². The van der Waals surface area contributed by atoms with Crippen molar-refractivity contribution in [3.63, 3.8) is 0 Å². The molecule has 1 aromatic carbocycles. The lowest BCUT2D eigenvalue weighted by molar-refractivity contribution is -0.129. The van der Waals surface area contributed by atoms with Crippen molar-refractivity contribution in [3.05, 3.63) is 30.0 Å². The molecule has 2 aliphatic rings. The number of aromatic nitrogens is 1. The van der Waals surface area contributed by atoms with Gasteiger partial charge in [0, 0.05) is 50.7 Å². The molecule has 0 spiro atoms. The molecule has 1 N–H and O–H groups in total. The van der Waals surface area contributed by atoms with E-state index in [9.17, 15) is 4.79 Å². The third kappa shape index (κ3) is 2.96.